The summed E-state index contributed by atoms with van der Waals surface area (Å²) >= 11 is 0. The molecule has 0 aliphatic carbocycles. The fourth-order valence-corrected chi connectivity index (χ4v) is 1.96. The third-order valence-electron chi connectivity index (χ3n) is 3.04. The minimum Gasteiger partial charge on any atom is -0.444 e. The van der Waals surface area contributed by atoms with Crippen molar-refractivity contribution in [3.05, 3.63) is 34.9 Å². The molecule has 1 atom stereocenters. The second-order valence-electron chi connectivity index (χ2n) is 5.89. The molecule has 4 heteroatoms. The molecule has 1 aromatic rings. The summed E-state index contributed by atoms with van der Waals surface area (Å²) in [7, 11) is 0. The number of ether oxygens (including phenoxy) is 1. The number of amides is 1. The van der Waals surface area contributed by atoms with E-state index in [0.717, 1.165) is 23.0 Å². The molecule has 0 spiro atoms. The maximum atomic E-state index is 11.9. The van der Waals surface area contributed by atoms with E-state index in [0.29, 0.717) is 0 Å². The minimum absolute atomic E-state index is 0.226. The fourth-order valence-electron chi connectivity index (χ4n) is 1.96. The molecule has 0 aliphatic heterocycles. The van der Waals surface area contributed by atoms with Crippen molar-refractivity contribution >= 4 is 12.4 Å². The standard InChI is InChI=1S/C16H23NO3/c1-11-7-6-8-13(12(11)2)14(9-10-18)17-15(19)20-16(3,4)5/h6-8,10,14H,9H2,1-5H3,(H,17,19)/t14-/m1/s1. The van der Waals surface area contributed by atoms with Crippen LogP contribution in [0.25, 0.3) is 0 Å². The maximum Gasteiger partial charge on any atom is 0.408 e. The third-order valence-corrected chi connectivity index (χ3v) is 3.04. The largest absolute Gasteiger partial charge is 0.444 e. The number of rotatable bonds is 4. The van der Waals surface area contributed by atoms with Crippen molar-refractivity contribution in [3.8, 4) is 0 Å². The Morgan fingerprint density at radius 2 is 2.00 bits per heavy atom. The quantitative estimate of drug-likeness (QED) is 0.857. The monoisotopic (exact) mass is 277 g/mol. The molecule has 1 rings (SSSR count). The molecule has 110 valence electrons. The van der Waals surface area contributed by atoms with Crippen LogP contribution in [0, 0.1) is 13.8 Å². The van der Waals surface area contributed by atoms with E-state index in [9.17, 15) is 9.59 Å². The Morgan fingerprint density at radius 1 is 1.35 bits per heavy atom. The molecule has 1 N–H and O–H groups in total. The summed E-state index contributed by atoms with van der Waals surface area (Å²) in [6.07, 6.45) is 0.526. The predicted molar refractivity (Wildman–Crippen MR) is 78.7 cm³/mol. The van der Waals surface area contributed by atoms with Gasteiger partial charge in [0.1, 0.15) is 11.9 Å². The van der Waals surface area contributed by atoms with E-state index in [4.69, 9.17) is 4.74 Å². The first kappa shape index (κ1) is 16.2. The van der Waals surface area contributed by atoms with Gasteiger partial charge in [0.15, 0.2) is 0 Å². The van der Waals surface area contributed by atoms with Crippen LogP contribution in [-0.2, 0) is 9.53 Å². The molecule has 4 nitrogen and oxygen atoms in total. The van der Waals surface area contributed by atoms with Crippen molar-refractivity contribution in [2.24, 2.45) is 0 Å². The Kier molecular flexibility index (Phi) is 5.31. The Hall–Kier alpha value is -1.84. The lowest BCUT2D eigenvalue weighted by atomic mass is 9.96. The van der Waals surface area contributed by atoms with Gasteiger partial charge in [0.2, 0.25) is 0 Å². The SMILES string of the molecule is Cc1cccc([C@@H](CC=O)NC(=O)OC(C)(C)C)c1C. The van der Waals surface area contributed by atoms with E-state index in [1.807, 2.05) is 32.0 Å². The maximum absolute atomic E-state index is 11.9. The first-order valence-electron chi connectivity index (χ1n) is 6.74. The molecule has 0 fully saturated rings. The fraction of sp³-hybridized carbons (Fsp3) is 0.500. The molecule has 0 saturated carbocycles. The summed E-state index contributed by atoms with van der Waals surface area (Å²) in [5.41, 5.74) is 2.60. The second kappa shape index (κ2) is 6.55. The Morgan fingerprint density at radius 3 is 2.55 bits per heavy atom. The van der Waals surface area contributed by atoms with Crippen LogP contribution in [0.5, 0.6) is 0 Å². The number of carbonyl (C=O) groups excluding carboxylic acids is 2. The average molecular weight is 277 g/mol. The Labute approximate surface area is 120 Å². The van der Waals surface area contributed by atoms with Crippen LogP contribution in [0.4, 0.5) is 4.79 Å². The third kappa shape index (κ3) is 4.68. The van der Waals surface area contributed by atoms with E-state index >= 15 is 0 Å². The van der Waals surface area contributed by atoms with Gasteiger partial charge in [-0.05, 0) is 51.3 Å². The molecule has 0 heterocycles. The van der Waals surface area contributed by atoms with Crippen molar-refractivity contribution in [3.63, 3.8) is 0 Å². The highest BCUT2D eigenvalue weighted by Gasteiger charge is 2.21. The van der Waals surface area contributed by atoms with Crippen LogP contribution in [-0.4, -0.2) is 18.0 Å². The van der Waals surface area contributed by atoms with Crippen LogP contribution < -0.4 is 5.32 Å². The highest BCUT2D eigenvalue weighted by molar-refractivity contribution is 5.69. The summed E-state index contributed by atoms with van der Waals surface area (Å²) in [6, 6.07) is 5.49. The van der Waals surface area contributed by atoms with E-state index in [2.05, 4.69) is 5.32 Å². The van der Waals surface area contributed by atoms with Gasteiger partial charge in [0, 0.05) is 6.42 Å². The van der Waals surface area contributed by atoms with Crippen LogP contribution in [0.1, 0.15) is 49.9 Å². The highest BCUT2D eigenvalue weighted by atomic mass is 16.6. The number of hydrogen-bond acceptors (Lipinski definition) is 3. The van der Waals surface area contributed by atoms with Crippen LogP contribution in [0.2, 0.25) is 0 Å². The summed E-state index contributed by atoms with van der Waals surface area (Å²) in [4.78, 5) is 22.7. The van der Waals surface area contributed by atoms with Crippen molar-refractivity contribution in [1.29, 1.82) is 0 Å². The first-order valence-corrected chi connectivity index (χ1v) is 6.74. The zero-order valence-corrected chi connectivity index (χ0v) is 12.8. The van der Waals surface area contributed by atoms with Crippen LogP contribution in [0.15, 0.2) is 18.2 Å². The molecule has 0 aromatic heterocycles. The molecular formula is C16H23NO3. The van der Waals surface area contributed by atoms with Crippen molar-refractivity contribution in [1.82, 2.24) is 5.32 Å². The lowest BCUT2D eigenvalue weighted by molar-refractivity contribution is -0.108. The lowest BCUT2D eigenvalue weighted by Crippen LogP contribution is -2.35. The smallest absolute Gasteiger partial charge is 0.408 e. The molecule has 0 aliphatic rings. The van der Waals surface area contributed by atoms with E-state index in [-0.39, 0.29) is 12.5 Å². The van der Waals surface area contributed by atoms with Gasteiger partial charge in [0.25, 0.3) is 0 Å². The van der Waals surface area contributed by atoms with Gasteiger partial charge in [-0.2, -0.15) is 0 Å². The topological polar surface area (TPSA) is 55.4 Å². The first-order chi connectivity index (χ1) is 9.24. The van der Waals surface area contributed by atoms with E-state index < -0.39 is 11.7 Å². The number of aryl methyl sites for hydroxylation is 1. The van der Waals surface area contributed by atoms with Gasteiger partial charge < -0.3 is 14.8 Å². The van der Waals surface area contributed by atoms with Crippen LogP contribution in [0.3, 0.4) is 0 Å². The minimum atomic E-state index is -0.558. The molecular weight excluding hydrogens is 254 g/mol. The number of nitrogens with one attached hydrogen (secondary N) is 1. The van der Waals surface area contributed by atoms with Crippen LogP contribution >= 0.6 is 0 Å². The van der Waals surface area contributed by atoms with Gasteiger partial charge in [-0.15, -0.1) is 0 Å². The van der Waals surface area contributed by atoms with Gasteiger partial charge in [0.05, 0.1) is 6.04 Å². The summed E-state index contributed by atoms with van der Waals surface area (Å²) < 4.78 is 5.24. The number of aldehydes is 1. The number of carbonyl (C=O) groups is 2. The molecule has 0 radical (unpaired) electrons. The van der Waals surface area contributed by atoms with Crippen molar-refractivity contribution in [2.45, 2.75) is 52.7 Å². The average Bonchev–Trinajstić information content (AvgIpc) is 2.30. The summed E-state index contributed by atoms with van der Waals surface area (Å²) in [5, 5.41) is 2.77. The normalized spacial score (nSPS) is 12.7. The summed E-state index contributed by atoms with van der Waals surface area (Å²) in [6.45, 7) is 9.40. The lowest BCUT2D eigenvalue weighted by Gasteiger charge is -2.24. The molecule has 20 heavy (non-hydrogen) atoms. The number of hydrogen-bond donors (Lipinski definition) is 1. The van der Waals surface area contributed by atoms with Gasteiger partial charge in [-0.3, -0.25) is 0 Å². The zero-order chi connectivity index (χ0) is 15.3. The molecule has 0 saturated heterocycles. The highest BCUT2D eigenvalue weighted by Crippen LogP contribution is 2.23. The second-order valence-corrected chi connectivity index (χ2v) is 5.89. The molecule has 0 unspecified atom stereocenters. The zero-order valence-electron chi connectivity index (χ0n) is 12.8. The number of alkyl carbamates (subject to hydrolysis) is 1. The van der Waals surface area contributed by atoms with Gasteiger partial charge >= 0.3 is 6.09 Å². The molecule has 1 aromatic carbocycles. The van der Waals surface area contributed by atoms with Gasteiger partial charge in [-0.25, -0.2) is 4.79 Å². The van der Waals surface area contributed by atoms with E-state index in [1.165, 1.54) is 0 Å². The Balaban J connectivity index is 2.92. The van der Waals surface area contributed by atoms with Gasteiger partial charge in [-0.1, -0.05) is 18.2 Å². The van der Waals surface area contributed by atoms with Crippen molar-refractivity contribution in [2.75, 3.05) is 0 Å². The molecule has 1 amide bonds. The summed E-state index contributed by atoms with van der Waals surface area (Å²) in [5.74, 6) is 0. The predicted octanol–water partition coefficient (Wildman–Crippen LogP) is 3.46. The Bertz CT molecular complexity index is 489. The molecule has 0 bridgehead atoms. The number of benzene rings is 1. The van der Waals surface area contributed by atoms with E-state index in [1.54, 1.807) is 20.8 Å². The van der Waals surface area contributed by atoms with Crippen molar-refractivity contribution < 1.29 is 14.3 Å².